The number of allylic oxidation sites excluding steroid dienone is 2. The molecular formula is C29H43N5O2. The summed E-state index contributed by atoms with van der Waals surface area (Å²) in [5, 5.41) is 5.04. The number of nitrogens with zero attached hydrogens (tertiary/aromatic N) is 4. The average molecular weight is 494 g/mol. The smallest absolute Gasteiger partial charge is 0.226 e. The molecule has 1 heterocycles. The number of hydrogen-bond acceptors (Lipinski definition) is 6. The Morgan fingerprint density at radius 1 is 1.17 bits per heavy atom. The second-order valence-corrected chi connectivity index (χ2v) is 7.64. The highest BCUT2D eigenvalue weighted by atomic mass is 16.5. The highest BCUT2D eigenvalue weighted by Crippen LogP contribution is 2.32. The molecule has 0 unspecified atom stereocenters. The molecule has 7 heteroatoms. The van der Waals surface area contributed by atoms with Gasteiger partial charge >= 0.3 is 0 Å². The molecule has 1 aromatic heterocycles. The maximum absolute atomic E-state index is 12.8. The van der Waals surface area contributed by atoms with E-state index >= 15 is 0 Å². The van der Waals surface area contributed by atoms with E-state index in [0.717, 1.165) is 39.9 Å². The first-order valence-corrected chi connectivity index (χ1v) is 12.7. The molecule has 0 aliphatic rings. The Bertz CT molecular complexity index is 1110. The lowest BCUT2D eigenvalue weighted by molar-refractivity contribution is -0.129. The van der Waals surface area contributed by atoms with Crippen molar-refractivity contribution in [3.63, 3.8) is 0 Å². The molecule has 1 aromatic carbocycles. The molecule has 7 nitrogen and oxygen atoms in total. The molecule has 1 amide bonds. The minimum absolute atomic E-state index is 0.0822. The summed E-state index contributed by atoms with van der Waals surface area (Å²) in [6.07, 6.45) is 12.0. The van der Waals surface area contributed by atoms with E-state index in [0.29, 0.717) is 26.1 Å². The molecule has 0 bridgehead atoms. The Balaban J connectivity index is 0.00000316. The number of benzene rings is 1. The minimum Gasteiger partial charge on any atom is -0.497 e. The van der Waals surface area contributed by atoms with Crippen molar-refractivity contribution >= 4 is 29.4 Å². The fourth-order valence-corrected chi connectivity index (χ4v) is 3.57. The van der Waals surface area contributed by atoms with Crippen molar-refractivity contribution in [1.29, 1.82) is 0 Å². The first-order valence-electron chi connectivity index (χ1n) is 12.7. The highest BCUT2D eigenvalue weighted by Gasteiger charge is 2.13. The van der Waals surface area contributed by atoms with Crippen LogP contribution in [0.5, 0.6) is 5.75 Å². The van der Waals surface area contributed by atoms with Gasteiger partial charge in [0.15, 0.2) is 0 Å². The number of carbonyl (C=O) groups excluding carboxylic acids is 1. The van der Waals surface area contributed by atoms with Gasteiger partial charge < -0.3 is 19.9 Å². The van der Waals surface area contributed by atoms with Crippen molar-refractivity contribution in [2.75, 3.05) is 37.0 Å². The molecule has 0 saturated heterocycles. The van der Waals surface area contributed by atoms with Crippen molar-refractivity contribution in [3.8, 4) is 5.75 Å². The van der Waals surface area contributed by atoms with E-state index in [4.69, 9.17) is 4.74 Å². The normalized spacial score (nSPS) is 11.9. The Morgan fingerprint density at radius 3 is 2.44 bits per heavy atom. The summed E-state index contributed by atoms with van der Waals surface area (Å²) in [5.41, 5.74) is 3.03. The number of nitrogens with one attached hydrogen (secondary N) is 1. The molecule has 0 atom stereocenters. The SMILES string of the molecule is C=CN(/C(C)=C\C)c1ccc(OC)cc1NCCCN(CC)C(=O)C/C=c1/nccn/c1=C/C.CC. The van der Waals surface area contributed by atoms with Crippen LogP contribution >= 0.6 is 0 Å². The number of carbonyl (C=O) groups is 1. The molecule has 0 radical (unpaired) electrons. The van der Waals surface area contributed by atoms with Gasteiger partial charge in [-0.1, -0.05) is 32.6 Å². The van der Waals surface area contributed by atoms with Gasteiger partial charge in [0, 0.05) is 56.4 Å². The maximum Gasteiger partial charge on any atom is 0.226 e. The fourth-order valence-electron chi connectivity index (χ4n) is 3.57. The second kappa shape index (κ2) is 16.9. The number of anilines is 2. The van der Waals surface area contributed by atoms with Crippen molar-refractivity contribution in [2.24, 2.45) is 0 Å². The van der Waals surface area contributed by atoms with Crippen molar-refractivity contribution in [2.45, 2.75) is 54.4 Å². The van der Waals surface area contributed by atoms with Gasteiger partial charge in [-0.25, -0.2) is 0 Å². The summed E-state index contributed by atoms with van der Waals surface area (Å²) in [5.74, 6) is 0.862. The Labute approximate surface area is 216 Å². The molecule has 0 saturated carbocycles. The molecule has 36 heavy (non-hydrogen) atoms. The number of ether oxygens (including phenoxy) is 1. The number of methoxy groups -OCH3 is 1. The summed E-state index contributed by atoms with van der Waals surface area (Å²) >= 11 is 0. The minimum atomic E-state index is 0.0822. The first kappa shape index (κ1) is 30.4. The van der Waals surface area contributed by atoms with E-state index < -0.39 is 0 Å². The van der Waals surface area contributed by atoms with Gasteiger partial charge in [-0.15, -0.1) is 0 Å². The van der Waals surface area contributed by atoms with Gasteiger partial charge in [0.25, 0.3) is 0 Å². The summed E-state index contributed by atoms with van der Waals surface area (Å²) in [6, 6.07) is 5.94. The molecule has 1 N–H and O–H groups in total. The lowest BCUT2D eigenvalue weighted by Crippen LogP contribution is -2.34. The van der Waals surface area contributed by atoms with E-state index in [9.17, 15) is 4.79 Å². The average Bonchev–Trinajstić information content (AvgIpc) is 2.93. The third kappa shape index (κ3) is 8.87. The Kier molecular flexibility index (Phi) is 14.3. The van der Waals surface area contributed by atoms with Crippen molar-refractivity contribution in [3.05, 3.63) is 65.8 Å². The van der Waals surface area contributed by atoms with Gasteiger partial charge in [-0.3, -0.25) is 14.8 Å². The zero-order valence-electron chi connectivity index (χ0n) is 23.0. The molecule has 0 spiro atoms. The number of rotatable bonds is 12. The summed E-state index contributed by atoms with van der Waals surface area (Å²) in [7, 11) is 1.66. The van der Waals surface area contributed by atoms with Crippen LogP contribution < -0.4 is 25.7 Å². The van der Waals surface area contributed by atoms with Gasteiger partial charge in [-0.05, 0) is 52.3 Å². The maximum atomic E-state index is 12.8. The van der Waals surface area contributed by atoms with Crippen LogP contribution in [0.3, 0.4) is 0 Å². The van der Waals surface area contributed by atoms with E-state index in [2.05, 4.69) is 21.9 Å². The first-order chi connectivity index (χ1) is 17.5. The van der Waals surface area contributed by atoms with E-state index in [1.165, 1.54) is 0 Å². The van der Waals surface area contributed by atoms with Gasteiger partial charge in [0.2, 0.25) is 5.91 Å². The van der Waals surface area contributed by atoms with Crippen LogP contribution in [-0.2, 0) is 4.79 Å². The van der Waals surface area contributed by atoms with E-state index in [-0.39, 0.29) is 5.91 Å². The quantitative estimate of drug-likeness (QED) is 0.432. The van der Waals surface area contributed by atoms with Gasteiger partial charge in [-0.2, -0.15) is 0 Å². The van der Waals surface area contributed by atoms with Crippen LogP contribution in [-0.4, -0.2) is 47.5 Å². The fraction of sp³-hybridized carbons (Fsp3) is 0.414. The lowest BCUT2D eigenvalue weighted by atomic mass is 10.2. The van der Waals surface area contributed by atoms with Crippen LogP contribution in [0.15, 0.2) is 55.1 Å². The zero-order valence-corrected chi connectivity index (χ0v) is 23.0. The summed E-state index contributed by atoms with van der Waals surface area (Å²) in [4.78, 5) is 25.3. The topological polar surface area (TPSA) is 70.6 Å². The van der Waals surface area contributed by atoms with Crippen molar-refractivity contribution < 1.29 is 9.53 Å². The number of aromatic nitrogens is 2. The Morgan fingerprint density at radius 2 is 1.86 bits per heavy atom. The molecule has 196 valence electrons. The van der Waals surface area contributed by atoms with Crippen LogP contribution in [0.25, 0.3) is 12.2 Å². The number of amides is 1. The summed E-state index contributed by atoms with van der Waals surface area (Å²) < 4.78 is 5.42. The molecule has 2 aromatic rings. The summed E-state index contributed by atoms with van der Waals surface area (Å²) in [6.45, 7) is 18.0. The molecule has 0 aliphatic heterocycles. The van der Waals surface area contributed by atoms with E-state index in [1.807, 2.05) is 87.8 Å². The monoisotopic (exact) mass is 493 g/mol. The molecule has 2 rings (SSSR count). The second-order valence-electron chi connectivity index (χ2n) is 7.64. The zero-order chi connectivity index (χ0) is 26.9. The molecule has 0 aliphatic carbocycles. The molecule has 0 fully saturated rings. The third-order valence-electron chi connectivity index (χ3n) is 5.60. The van der Waals surface area contributed by atoms with E-state index in [1.54, 1.807) is 25.7 Å². The highest BCUT2D eigenvalue weighted by molar-refractivity contribution is 5.81. The van der Waals surface area contributed by atoms with Crippen LogP contribution in [0.2, 0.25) is 0 Å². The van der Waals surface area contributed by atoms with Crippen LogP contribution in [0.1, 0.15) is 54.4 Å². The predicted molar refractivity (Wildman–Crippen MR) is 152 cm³/mol. The van der Waals surface area contributed by atoms with Crippen molar-refractivity contribution in [1.82, 2.24) is 14.9 Å². The Hall–Kier alpha value is -3.61. The third-order valence-corrected chi connectivity index (χ3v) is 5.60. The van der Waals surface area contributed by atoms with Crippen LogP contribution in [0, 0.1) is 0 Å². The predicted octanol–water partition coefficient (Wildman–Crippen LogP) is 4.71. The largest absolute Gasteiger partial charge is 0.497 e. The van der Waals surface area contributed by atoms with Crippen LogP contribution in [0.4, 0.5) is 11.4 Å². The molecular weight excluding hydrogens is 450 g/mol. The number of hydrogen-bond donors (Lipinski definition) is 1. The van der Waals surface area contributed by atoms with Gasteiger partial charge in [0.05, 0.1) is 29.2 Å². The lowest BCUT2D eigenvalue weighted by Gasteiger charge is -2.25. The van der Waals surface area contributed by atoms with Gasteiger partial charge in [0.1, 0.15) is 5.75 Å². The standard InChI is InChI=1S/C27H37N5O2.C2H6/c1-7-21(5)32(10-4)26-14-12-22(34-6)20-25(26)28-16-11-19-31(9-3)27(33)15-13-24-23(8-2)29-17-18-30-24;1-2/h7-8,10,12-14,17-18,20,28H,4,9,11,15-16,19H2,1-3,5-6H3;1-2H3/b21-7-,23-8+,24-13+;.